The molecule has 25 heavy (non-hydrogen) atoms. The van der Waals surface area contributed by atoms with Gasteiger partial charge >= 0.3 is 6.61 Å². The Balaban J connectivity index is 1.78. The van der Waals surface area contributed by atoms with Crippen LogP contribution >= 0.6 is 11.8 Å². The Morgan fingerprint density at radius 3 is 2.80 bits per heavy atom. The molecule has 4 nitrogen and oxygen atoms in total. The lowest BCUT2D eigenvalue weighted by molar-refractivity contribution is -0.0512. The molecule has 0 aromatic heterocycles. The van der Waals surface area contributed by atoms with Gasteiger partial charge in [-0.25, -0.2) is 0 Å². The summed E-state index contributed by atoms with van der Waals surface area (Å²) in [7, 11) is 1.34. The standard InChI is InChI=1S/C18H17F2NO3S/c1-23-15-10-11(6-7-14(15)24-18(19)20)17(22)21-13-8-9-25-16-5-3-2-4-12(13)16/h2-7,10,13,18H,8-9H2,1H3,(H,21,22)/t13-/m0/s1. The molecular weight excluding hydrogens is 348 g/mol. The SMILES string of the molecule is COc1cc(C(=O)N[C@H]2CCSc3ccccc32)ccc1OC(F)F. The highest BCUT2D eigenvalue weighted by Gasteiger charge is 2.23. The highest BCUT2D eigenvalue weighted by molar-refractivity contribution is 7.99. The number of amides is 1. The predicted octanol–water partition coefficient (Wildman–Crippen LogP) is 4.26. The van der Waals surface area contributed by atoms with Crippen LogP contribution in [0.2, 0.25) is 0 Å². The number of thioether (sulfide) groups is 1. The van der Waals surface area contributed by atoms with Crippen molar-refractivity contribution >= 4 is 17.7 Å². The van der Waals surface area contributed by atoms with E-state index in [4.69, 9.17) is 4.74 Å². The molecule has 0 saturated heterocycles. The number of fused-ring (bicyclic) bond motifs is 1. The van der Waals surface area contributed by atoms with Gasteiger partial charge in [0.25, 0.3) is 5.91 Å². The Hall–Kier alpha value is -2.28. The van der Waals surface area contributed by atoms with Gasteiger partial charge in [-0.05, 0) is 36.2 Å². The number of benzene rings is 2. The number of hydrogen-bond acceptors (Lipinski definition) is 4. The molecule has 7 heteroatoms. The predicted molar refractivity (Wildman–Crippen MR) is 91.6 cm³/mol. The van der Waals surface area contributed by atoms with Crippen LogP contribution in [0.25, 0.3) is 0 Å². The summed E-state index contributed by atoms with van der Waals surface area (Å²) in [6.45, 7) is -2.95. The van der Waals surface area contributed by atoms with E-state index < -0.39 is 6.61 Å². The molecule has 1 N–H and O–H groups in total. The molecule has 1 atom stereocenters. The van der Waals surface area contributed by atoms with Gasteiger partial charge in [0.15, 0.2) is 11.5 Å². The van der Waals surface area contributed by atoms with Crippen molar-refractivity contribution in [2.24, 2.45) is 0 Å². The van der Waals surface area contributed by atoms with Crippen molar-refractivity contribution in [3.8, 4) is 11.5 Å². The summed E-state index contributed by atoms with van der Waals surface area (Å²) in [6, 6.07) is 12.0. The molecule has 2 aromatic rings. The van der Waals surface area contributed by atoms with Crippen molar-refractivity contribution < 1.29 is 23.0 Å². The summed E-state index contributed by atoms with van der Waals surface area (Å²) >= 11 is 1.77. The van der Waals surface area contributed by atoms with E-state index in [1.54, 1.807) is 11.8 Å². The lowest BCUT2D eigenvalue weighted by Gasteiger charge is -2.26. The number of nitrogens with one attached hydrogen (secondary N) is 1. The maximum absolute atomic E-state index is 12.6. The smallest absolute Gasteiger partial charge is 0.387 e. The highest BCUT2D eigenvalue weighted by Crippen LogP contribution is 2.36. The average Bonchev–Trinajstić information content (AvgIpc) is 2.62. The van der Waals surface area contributed by atoms with E-state index in [1.165, 1.54) is 25.3 Å². The van der Waals surface area contributed by atoms with Gasteiger partial charge in [0.05, 0.1) is 13.2 Å². The van der Waals surface area contributed by atoms with Crippen molar-refractivity contribution in [1.29, 1.82) is 0 Å². The van der Waals surface area contributed by atoms with E-state index in [1.807, 2.05) is 24.3 Å². The normalized spacial score (nSPS) is 16.2. The van der Waals surface area contributed by atoms with Crippen molar-refractivity contribution in [3.05, 3.63) is 53.6 Å². The third-order valence-electron chi connectivity index (χ3n) is 3.91. The third-order valence-corrected chi connectivity index (χ3v) is 5.03. The lowest BCUT2D eigenvalue weighted by atomic mass is 10.0. The molecular formula is C18H17F2NO3S. The van der Waals surface area contributed by atoms with E-state index in [-0.39, 0.29) is 23.4 Å². The lowest BCUT2D eigenvalue weighted by Crippen LogP contribution is -2.30. The number of halogens is 2. The molecule has 1 heterocycles. The second kappa shape index (κ2) is 7.74. The van der Waals surface area contributed by atoms with E-state index in [0.29, 0.717) is 5.56 Å². The number of rotatable bonds is 5. The molecule has 2 aromatic carbocycles. The summed E-state index contributed by atoms with van der Waals surface area (Å²) in [5.41, 5.74) is 1.42. The first-order valence-corrected chi connectivity index (χ1v) is 8.72. The van der Waals surface area contributed by atoms with Gasteiger partial charge in [-0.3, -0.25) is 4.79 Å². The number of alkyl halides is 2. The van der Waals surface area contributed by atoms with Gasteiger partial charge in [0, 0.05) is 16.2 Å². The molecule has 0 bridgehead atoms. The zero-order valence-corrected chi connectivity index (χ0v) is 14.3. The first kappa shape index (κ1) is 17.5. The van der Waals surface area contributed by atoms with Crippen LogP contribution in [-0.2, 0) is 0 Å². The molecule has 0 unspecified atom stereocenters. The van der Waals surface area contributed by atoms with Crippen molar-refractivity contribution in [1.82, 2.24) is 5.32 Å². The zero-order chi connectivity index (χ0) is 17.8. The van der Waals surface area contributed by atoms with E-state index in [2.05, 4.69) is 10.1 Å². The molecule has 1 amide bonds. The van der Waals surface area contributed by atoms with E-state index in [9.17, 15) is 13.6 Å². The minimum absolute atomic E-state index is 0.0760. The molecule has 0 saturated carbocycles. The molecule has 0 radical (unpaired) electrons. The Morgan fingerprint density at radius 1 is 1.24 bits per heavy atom. The quantitative estimate of drug-likeness (QED) is 0.860. The van der Waals surface area contributed by atoms with Crippen molar-refractivity contribution in [2.45, 2.75) is 24.0 Å². The Kier molecular flexibility index (Phi) is 5.43. The minimum Gasteiger partial charge on any atom is -0.493 e. The summed E-state index contributed by atoms with van der Waals surface area (Å²) < 4.78 is 34.2. The molecule has 0 aliphatic carbocycles. The zero-order valence-electron chi connectivity index (χ0n) is 13.5. The van der Waals surface area contributed by atoms with Crippen LogP contribution in [0.1, 0.15) is 28.4 Å². The average molecular weight is 365 g/mol. The molecule has 1 aliphatic heterocycles. The maximum Gasteiger partial charge on any atom is 0.387 e. The largest absolute Gasteiger partial charge is 0.493 e. The number of ether oxygens (including phenoxy) is 2. The van der Waals surface area contributed by atoms with Crippen molar-refractivity contribution in [3.63, 3.8) is 0 Å². The van der Waals surface area contributed by atoms with E-state index in [0.717, 1.165) is 22.6 Å². The molecule has 0 spiro atoms. The summed E-state index contributed by atoms with van der Waals surface area (Å²) in [6.07, 6.45) is 0.830. The summed E-state index contributed by atoms with van der Waals surface area (Å²) in [4.78, 5) is 13.7. The van der Waals surface area contributed by atoms with Crippen LogP contribution in [0.5, 0.6) is 11.5 Å². The van der Waals surface area contributed by atoms with Crippen LogP contribution in [-0.4, -0.2) is 25.4 Å². The Labute approximate surface area is 148 Å². The monoisotopic (exact) mass is 365 g/mol. The van der Waals surface area contributed by atoms with Gasteiger partial charge < -0.3 is 14.8 Å². The van der Waals surface area contributed by atoms with Crippen LogP contribution in [0.4, 0.5) is 8.78 Å². The maximum atomic E-state index is 12.6. The number of carbonyl (C=O) groups excluding carboxylic acids is 1. The molecule has 1 aliphatic rings. The van der Waals surface area contributed by atoms with Crippen LogP contribution in [0.3, 0.4) is 0 Å². The number of carbonyl (C=O) groups is 1. The Morgan fingerprint density at radius 2 is 2.04 bits per heavy atom. The first-order valence-electron chi connectivity index (χ1n) is 7.74. The molecule has 3 rings (SSSR count). The fourth-order valence-electron chi connectivity index (χ4n) is 2.74. The van der Waals surface area contributed by atoms with Crippen molar-refractivity contribution in [2.75, 3.05) is 12.9 Å². The Bertz CT molecular complexity index is 770. The van der Waals surface area contributed by atoms with Crippen LogP contribution in [0.15, 0.2) is 47.4 Å². The molecule has 0 fully saturated rings. The summed E-state index contributed by atoms with van der Waals surface area (Å²) in [5.74, 6) is 0.626. The van der Waals surface area contributed by atoms with E-state index >= 15 is 0 Å². The van der Waals surface area contributed by atoms with Gasteiger partial charge in [0.1, 0.15) is 0 Å². The van der Waals surface area contributed by atoms with Crippen LogP contribution < -0.4 is 14.8 Å². The summed E-state index contributed by atoms with van der Waals surface area (Å²) in [5, 5.41) is 3.01. The van der Waals surface area contributed by atoms with Gasteiger partial charge in [-0.1, -0.05) is 18.2 Å². The highest BCUT2D eigenvalue weighted by atomic mass is 32.2. The van der Waals surface area contributed by atoms with Gasteiger partial charge in [-0.15, -0.1) is 11.8 Å². The second-order valence-electron chi connectivity index (χ2n) is 5.45. The minimum atomic E-state index is -2.95. The van der Waals surface area contributed by atoms with Gasteiger partial charge in [0.2, 0.25) is 0 Å². The molecule has 132 valence electrons. The van der Waals surface area contributed by atoms with Gasteiger partial charge in [-0.2, -0.15) is 8.78 Å². The fraction of sp³-hybridized carbons (Fsp3) is 0.278. The third kappa shape index (κ3) is 4.04. The number of methoxy groups -OCH3 is 1. The second-order valence-corrected chi connectivity index (χ2v) is 6.58. The fourth-order valence-corrected chi connectivity index (χ4v) is 3.86. The topological polar surface area (TPSA) is 47.6 Å². The number of hydrogen-bond donors (Lipinski definition) is 1. The first-order chi connectivity index (χ1) is 12.1. The van der Waals surface area contributed by atoms with Crippen LogP contribution in [0, 0.1) is 0 Å².